The first-order valence-corrected chi connectivity index (χ1v) is 9.66. The van der Waals surface area contributed by atoms with E-state index in [-0.39, 0.29) is 5.91 Å². The molecule has 2 rings (SSSR count). The molecule has 1 aromatic rings. The van der Waals surface area contributed by atoms with E-state index in [0.717, 1.165) is 56.5 Å². The Morgan fingerprint density at radius 2 is 1.91 bits per heavy atom. The minimum Gasteiger partial charge on any atom is -0.355 e. The van der Waals surface area contributed by atoms with E-state index in [1.807, 2.05) is 24.3 Å². The number of likely N-dealkylation sites (N-methyl/N-ethyl adjacent to an activating group) is 1. The third-order valence-corrected chi connectivity index (χ3v) is 5.24. The molecule has 1 amide bonds. The van der Waals surface area contributed by atoms with Crippen LogP contribution in [0.5, 0.6) is 0 Å². The second-order valence-corrected chi connectivity index (χ2v) is 7.39. The van der Waals surface area contributed by atoms with Crippen molar-refractivity contribution >= 4 is 29.3 Å². The van der Waals surface area contributed by atoms with Crippen LogP contribution in [0.1, 0.15) is 12.0 Å². The van der Waals surface area contributed by atoms with Crippen molar-refractivity contribution in [1.29, 1.82) is 0 Å². The summed E-state index contributed by atoms with van der Waals surface area (Å²) in [5.41, 5.74) is 1.20. The second kappa shape index (κ2) is 10.2. The van der Waals surface area contributed by atoms with E-state index in [4.69, 9.17) is 11.6 Å². The molecular formula is C17H26ClN3OS. The molecule has 1 N–H and O–H groups in total. The van der Waals surface area contributed by atoms with Gasteiger partial charge in [0.1, 0.15) is 0 Å². The molecule has 23 heavy (non-hydrogen) atoms. The number of carbonyl (C=O) groups is 1. The predicted molar refractivity (Wildman–Crippen MR) is 99.2 cm³/mol. The van der Waals surface area contributed by atoms with E-state index in [2.05, 4.69) is 22.2 Å². The molecule has 0 atom stereocenters. The Kier molecular flexibility index (Phi) is 8.23. The first-order chi connectivity index (χ1) is 11.1. The monoisotopic (exact) mass is 355 g/mol. The molecule has 0 spiro atoms. The SMILES string of the molecule is CN1CCN(CCCNC(=O)CSCc2ccc(Cl)cc2)CC1. The van der Waals surface area contributed by atoms with Gasteiger partial charge in [0.2, 0.25) is 5.91 Å². The molecule has 6 heteroatoms. The molecule has 1 saturated heterocycles. The number of benzene rings is 1. The lowest BCUT2D eigenvalue weighted by atomic mass is 10.2. The van der Waals surface area contributed by atoms with Gasteiger partial charge in [0.15, 0.2) is 0 Å². The Morgan fingerprint density at radius 1 is 1.22 bits per heavy atom. The van der Waals surface area contributed by atoms with Crippen molar-refractivity contribution in [1.82, 2.24) is 15.1 Å². The summed E-state index contributed by atoms with van der Waals surface area (Å²) in [6, 6.07) is 7.78. The lowest BCUT2D eigenvalue weighted by Crippen LogP contribution is -2.45. The van der Waals surface area contributed by atoms with E-state index in [1.165, 1.54) is 5.56 Å². The number of piperazine rings is 1. The Balaban J connectivity index is 1.49. The zero-order chi connectivity index (χ0) is 16.5. The predicted octanol–water partition coefficient (Wildman–Crippen LogP) is 2.33. The first-order valence-electron chi connectivity index (χ1n) is 8.13. The highest BCUT2D eigenvalue weighted by Gasteiger charge is 2.12. The molecule has 0 saturated carbocycles. The van der Waals surface area contributed by atoms with Gasteiger partial charge in [-0.2, -0.15) is 0 Å². The van der Waals surface area contributed by atoms with Crippen LogP contribution in [0.2, 0.25) is 5.02 Å². The Hall–Kier alpha value is -0.750. The summed E-state index contributed by atoms with van der Waals surface area (Å²) in [7, 11) is 2.17. The topological polar surface area (TPSA) is 35.6 Å². The number of thioether (sulfide) groups is 1. The van der Waals surface area contributed by atoms with Gasteiger partial charge in [-0.15, -0.1) is 11.8 Å². The summed E-state index contributed by atoms with van der Waals surface area (Å²) in [6.45, 7) is 6.42. The average molecular weight is 356 g/mol. The van der Waals surface area contributed by atoms with Crippen molar-refractivity contribution in [3.8, 4) is 0 Å². The molecule has 0 unspecified atom stereocenters. The largest absolute Gasteiger partial charge is 0.355 e. The molecule has 0 aromatic heterocycles. The number of hydrogen-bond donors (Lipinski definition) is 1. The number of hydrogen-bond acceptors (Lipinski definition) is 4. The van der Waals surface area contributed by atoms with Gasteiger partial charge in [0, 0.05) is 43.5 Å². The number of carbonyl (C=O) groups excluding carboxylic acids is 1. The summed E-state index contributed by atoms with van der Waals surface area (Å²) in [4.78, 5) is 16.6. The normalized spacial score (nSPS) is 16.4. The van der Waals surface area contributed by atoms with Gasteiger partial charge in [0.25, 0.3) is 0 Å². The maximum atomic E-state index is 11.8. The molecule has 0 aliphatic carbocycles. The zero-order valence-corrected chi connectivity index (χ0v) is 15.3. The van der Waals surface area contributed by atoms with Crippen molar-refractivity contribution in [3.05, 3.63) is 34.9 Å². The van der Waals surface area contributed by atoms with Crippen LogP contribution in [0.25, 0.3) is 0 Å². The summed E-state index contributed by atoms with van der Waals surface area (Å²) in [5.74, 6) is 1.48. The zero-order valence-electron chi connectivity index (χ0n) is 13.8. The highest BCUT2D eigenvalue weighted by atomic mass is 35.5. The maximum absolute atomic E-state index is 11.8. The third kappa shape index (κ3) is 7.57. The number of nitrogens with zero attached hydrogens (tertiary/aromatic N) is 2. The van der Waals surface area contributed by atoms with Crippen molar-refractivity contribution < 1.29 is 4.79 Å². The van der Waals surface area contributed by atoms with Crippen LogP contribution in [0.4, 0.5) is 0 Å². The van der Waals surface area contributed by atoms with Gasteiger partial charge in [-0.25, -0.2) is 0 Å². The molecule has 1 aliphatic rings. The smallest absolute Gasteiger partial charge is 0.230 e. The fourth-order valence-corrected chi connectivity index (χ4v) is 3.44. The van der Waals surface area contributed by atoms with E-state index in [0.29, 0.717) is 5.75 Å². The van der Waals surface area contributed by atoms with Crippen molar-refractivity contribution in [2.24, 2.45) is 0 Å². The molecular weight excluding hydrogens is 330 g/mol. The van der Waals surface area contributed by atoms with Gasteiger partial charge in [-0.1, -0.05) is 23.7 Å². The molecule has 1 fully saturated rings. The summed E-state index contributed by atoms with van der Waals surface area (Å²) < 4.78 is 0. The van der Waals surface area contributed by atoms with Crippen molar-refractivity contribution in [2.45, 2.75) is 12.2 Å². The number of halogens is 1. The van der Waals surface area contributed by atoms with E-state index >= 15 is 0 Å². The molecule has 128 valence electrons. The lowest BCUT2D eigenvalue weighted by molar-refractivity contribution is -0.118. The van der Waals surface area contributed by atoms with Gasteiger partial charge in [0.05, 0.1) is 5.75 Å². The fourth-order valence-electron chi connectivity index (χ4n) is 2.50. The number of amides is 1. The Labute approximate surface area is 148 Å². The van der Waals surface area contributed by atoms with E-state index in [1.54, 1.807) is 11.8 Å². The van der Waals surface area contributed by atoms with E-state index in [9.17, 15) is 4.79 Å². The minimum absolute atomic E-state index is 0.127. The molecule has 1 aliphatic heterocycles. The van der Waals surface area contributed by atoms with Crippen LogP contribution in [0.15, 0.2) is 24.3 Å². The van der Waals surface area contributed by atoms with Crippen LogP contribution in [0.3, 0.4) is 0 Å². The van der Waals surface area contributed by atoms with Crippen LogP contribution in [-0.2, 0) is 10.5 Å². The lowest BCUT2D eigenvalue weighted by Gasteiger charge is -2.32. The quantitative estimate of drug-likeness (QED) is 0.726. The van der Waals surface area contributed by atoms with Crippen LogP contribution in [-0.4, -0.2) is 67.8 Å². The van der Waals surface area contributed by atoms with Crippen molar-refractivity contribution in [2.75, 3.05) is 52.1 Å². The number of rotatable bonds is 8. The summed E-state index contributed by atoms with van der Waals surface area (Å²) in [6.07, 6.45) is 1.03. The van der Waals surface area contributed by atoms with Gasteiger partial charge < -0.3 is 15.1 Å². The van der Waals surface area contributed by atoms with Crippen molar-refractivity contribution in [3.63, 3.8) is 0 Å². The molecule has 4 nitrogen and oxygen atoms in total. The Morgan fingerprint density at radius 3 is 2.61 bits per heavy atom. The maximum Gasteiger partial charge on any atom is 0.230 e. The minimum atomic E-state index is 0.127. The van der Waals surface area contributed by atoms with Crippen LogP contribution >= 0.6 is 23.4 Å². The Bertz CT molecular complexity index is 475. The summed E-state index contributed by atoms with van der Waals surface area (Å²) >= 11 is 7.49. The first kappa shape index (κ1) is 18.6. The highest BCUT2D eigenvalue weighted by Crippen LogP contribution is 2.15. The van der Waals surface area contributed by atoms with E-state index < -0.39 is 0 Å². The average Bonchev–Trinajstić information content (AvgIpc) is 2.55. The van der Waals surface area contributed by atoms with Crippen LogP contribution in [0, 0.1) is 0 Å². The van der Waals surface area contributed by atoms with Crippen LogP contribution < -0.4 is 5.32 Å². The highest BCUT2D eigenvalue weighted by molar-refractivity contribution is 7.99. The fraction of sp³-hybridized carbons (Fsp3) is 0.588. The molecule has 1 heterocycles. The van der Waals surface area contributed by atoms with Gasteiger partial charge in [-0.05, 0) is 37.7 Å². The molecule has 1 aromatic carbocycles. The third-order valence-electron chi connectivity index (χ3n) is 3.98. The number of nitrogens with one attached hydrogen (secondary N) is 1. The van der Waals surface area contributed by atoms with Gasteiger partial charge >= 0.3 is 0 Å². The molecule has 0 radical (unpaired) electrons. The van der Waals surface area contributed by atoms with Gasteiger partial charge in [-0.3, -0.25) is 4.79 Å². The summed E-state index contributed by atoms with van der Waals surface area (Å²) in [5, 5.41) is 3.76. The standard InChI is InChI=1S/C17H26ClN3OS/c1-20-9-11-21(12-10-20)8-2-7-19-17(22)14-23-13-15-3-5-16(18)6-4-15/h3-6H,2,7-14H2,1H3,(H,19,22). The molecule has 0 bridgehead atoms. The second-order valence-electron chi connectivity index (χ2n) is 5.97.